The summed E-state index contributed by atoms with van der Waals surface area (Å²) in [6, 6.07) is 14.1. The molecule has 1 saturated heterocycles. The molecule has 0 radical (unpaired) electrons. The van der Waals surface area contributed by atoms with E-state index in [9.17, 15) is 4.79 Å². The van der Waals surface area contributed by atoms with Gasteiger partial charge in [0.2, 0.25) is 12.7 Å². The van der Waals surface area contributed by atoms with E-state index in [0.717, 1.165) is 48.8 Å². The summed E-state index contributed by atoms with van der Waals surface area (Å²) in [5, 5.41) is 3.43. The van der Waals surface area contributed by atoms with Crippen LogP contribution in [0, 0.1) is 0 Å². The van der Waals surface area contributed by atoms with E-state index in [1.807, 2.05) is 35.2 Å². The van der Waals surface area contributed by atoms with Crippen LogP contribution < -0.4 is 19.7 Å². The van der Waals surface area contributed by atoms with E-state index < -0.39 is 0 Å². The first kappa shape index (κ1) is 15.0. The summed E-state index contributed by atoms with van der Waals surface area (Å²) >= 11 is 0. The molecule has 4 rings (SSSR count). The second-order valence-electron chi connectivity index (χ2n) is 6.07. The minimum atomic E-state index is 0.223. The third kappa shape index (κ3) is 2.95. The number of carbonyl (C=O) groups excluding carboxylic acids is 1. The monoisotopic (exact) mass is 324 g/mol. The predicted octanol–water partition coefficient (Wildman–Crippen LogP) is 2.83. The summed E-state index contributed by atoms with van der Waals surface area (Å²) in [5.41, 5.74) is 3.28. The summed E-state index contributed by atoms with van der Waals surface area (Å²) < 4.78 is 10.9. The average Bonchev–Trinajstić information content (AvgIpc) is 3.25. The molecule has 5 heteroatoms. The number of para-hydroxylation sites is 1. The molecule has 5 nitrogen and oxygen atoms in total. The zero-order chi connectivity index (χ0) is 16.4. The van der Waals surface area contributed by atoms with Gasteiger partial charge in [-0.25, -0.2) is 0 Å². The van der Waals surface area contributed by atoms with Crippen LogP contribution in [-0.4, -0.2) is 19.2 Å². The molecule has 0 atom stereocenters. The van der Waals surface area contributed by atoms with Crippen LogP contribution in [0.15, 0.2) is 42.5 Å². The summed E-state index contributed by atoms with van der Waals surface area (Å²) in [6.07, 6.45) is 1.62. The van der Waals surface area contributed by atoms with Gasteiger partial charge in [-0.2, -0.15) is 0 Å². The average molecular weight is 324 g/mol. The van der Waals surface area contributed by atoms with Gasteiger partial charge in [0, 0.05) is 37.3 Å². The Morgan fingerprint density at radius 1 is 1.04 bits per heavy atom. The van der Waals surface area contributed by atoms with Crippen molar-refractivity contribution in [1.29, 1.82) is 0 Å². The number of hydrogen-bond donors (Lipinski definition) is 1. The van der Waals surface area contributed by atoms with Crippen molar-refractivity contribution in [2.45, 2.75) is 25.9 Å². The van der Waals surface area contributed by atoms with Crippen LogP contribution in [0.3, 0.4) is 0 Å². The fraction of sp³-hybridized carbons (Fsp3) is 0.316. The molecule has 24 heavy (non-hydrogen) atoms. The van der Waals surface area contributed by atoms with E-state index in [1.165, 1.54) is 5.56 Å². The summed E-state index contributed by atoms with van der Waals surface area (Å²) in [5.74, 6) is 1.88. The van der Waals surface area contributed by atoms with Crippen molar-refractivity contribution in [3.8, 4) is 11.5 Å². The maximum absolute atomic E-state index is 11.8. The smallest absolute Gasteiger partial charge is 0.231 e. The third-order valence-corrected chi connectivity index (χ3v) is 4.44. The number of carbonyl (C=O) groups is 1. The maximum Gasteiger partial charge on any atom is 0.231 e. The number of benzene rings is 2. The first-order valence-electron chi connectivity index (χ1n) is 8.29. The molecule has 0 saturated carbocycles. The molecule has 2 aliphatic heterocycles. The van der Waals surface area contributed by atoms with E-state index >= 15 is 0 Å². The highest BCUT2D eigenvalue weighted by molar-refractivity contribution is 5.95. The van der Waals surface area contributed by atoms with Gasteiger partial charge in [0.25, 0.3) is 0 Å². The zero-order valence-electron chi connectivity index (χ0n) is 13.5. The molecule has 2 aromatic carbocycles. The predicted molar refractivity (Wildman–Crippen MR) is 91.1 cm³/mol. The number of hydrogen-bond acceptors (Lipinski definition) is 4. The van der Waals surface area contributed by atoms with Gasteiger partial charge in [0.05, 0.1) is 0 Å². The topological polar surface area (TPSA) is 50.8 Å². The van der Waals surface area contributed by atoms with E-state index in [4.69, 9.17) is 9.47 Å². The van der Waals surface area contributed by atoms with Crippen LogP contribution in [0.2, 0.25) is 0 Å². The highest BCUT2D eigenvalue weighted by Crippen LogP contribution is 2.35. The number of rotatable bonds is 5. The Kier molecular flexibility index (Phi) is 4.09. The minimum Gasteiger partial charge on any atom is -0.454 e. The lowest BCUT2D eigenvalue weighted by Gasteiger charge is -2.16. The first-order valence-corrected chi connectivity index (χ1v) is 8.29. The van der Waals surface area contributed by atoms with Crippen molar-refractivity contribution in [1.82, 2.24) is 5.32 Å². The van der Waals surface area contributed by atoms with Crippen LogP contribution in [0.1, 0.15) is 24.0 Å². The molecule has 2 aromatic rings. The summed E-state index contributed by atoms with van der Waals surface area (Å²) in [4.78, 5) is 13.6. The standard InChI is InChI=1S/C19H20N2O3/c22-18-5-2-10-21(18)16-8-6-14(7-9-16)11-20-12-15-3-1-4-17-19(15)24-13-23-17/h1,3-4,6-9,20H,2,5,10-13H2. The van der Waals surface area contributed by atoms with Crippen LogP contribution in [-0.2, 0) is 17.9 Å². The highest BCUT2D eigenvalue weighted by Gasteiger charge is 2.21. The van der Waals surface area contributed by atoms with Crippen LogP contribution in [0.4, 0.5) is 5.69 Å². The van der Waals surface area contributed by atoms with Crippen LogP contribution >= 0.6 is 0 Å². The largest absolute Gasteiger partial charge is 0.454 e. The molecular formula is C19H20N2O3. The lowest BCUT2D eigenvalue weighted by molar-refractivity contribution is -0.117. The van der Waals surface area contributed by atoms with Gasteiger partial charge >= 0.3 is 0 Å². The van der Waals surface area contributed by atoms with Gasteiger partial charge in [-0.15, -0.1) is 0 Å². The van der Waals surface area contributed by atoms with Crippen molar-refractivity contribution >= 4 is 11.6 Å². The summed E-state index contributed by atoms with van der Waals surface area (Å²) in [7, 11) is 0. The molecule has 0 bridgehead atoms. The number of fused-ring (bicyclic) bond motifs is 1. The van der Waals surface area contributed by atoms with Gasteiger partial charge in [-0.3, -0.25) is 4.79 Å². The lowest BCUT2D eigenvalue weighted by Crippen LogP contribution is -2.23. The molecule has 1 N–H and O–H groups in total. The zero-order valence-corrected chi connectivity index (χ0v) is 13.5. The molecule has 2 heterocycles. The minimum absolute atomic E-state index is 0.223. The highest BCUT2D eigenvalue weighted by atomic mass is 16.7. The van der Waals surface area contributed by atoms with Crippen LogP contribution in [0.5, 0.6) is 11.5 Å². The van der Waals surface area contributed by atoms with E-state index in [0.29, 0.717) is 13.2 Å². The maximum atomic E-state index is 11.8. The van der Waals surface area contributed by atoms with E-state index in [-0.39, 0.29) is 5.91 Å². The fourth-order valence-electron chi connectivity index (χ4n) is 3.19. The summed E-state index contributed by atoms with van der Waals surface area (Å²) in [6.45, 7) is 2.61. The quantitative estimate of drug-likeness (QED) is 0.919. The molecule has 0 aliphatic carbocycles. The Morgan fingerprint density at radius 2 is 1.92 bits per heavy atom. The Labute approximate surface area is 141 Å². The molecule has 0 unspecified atom stereocenters. The van der Waals surface area contributed by atoms with Crippen molar-refractivity contribution in [3.05, 3.63) is 53.6 Å². The SMILES string of the molecule is O=C1CCCN1c1ccc(CNCc2cccc3c2OCO3)cc1. The van der Waals surface area contributed by atoms with E-state index in [1.54, 1.807) is 0 Å². The van der Waals surface area contributed by atoms with Crippen molar-refractivity contribution < 1.29 is 14.3 Å². The van der Waals surface area contributed by atoms with Gasteiger partial charge in [-0.1, -0.05) is 24.3 Å². The molecule has 1 fully saturated rings. The molecule has 1 amide bonds. The van der Waals surface area contributed by atoms with Gasteiger partial charge in [0.15, 0.2) is 11.5 Å². The van der Waals surface area contributed by atoms with Crippen molar-refractivity contribution in [2.75, 3.05) is 18.2 Å². The van der Waals surface area contributed by atoms with Gasteiger partial charge in [-0.05, 0) is 30.2 Å². The van der Waals surface area contributed by atoms with Gasteiger partial charge < -0.3 is 19.7 Å². The number of nitrogens with one attached hydrogen (secondary N) is 1. The van der Waals surface area contributed by atoms with Crippen molar-refractivity contribution in [2.24, 2.45) is 0 Å². The second-order valence-corrected chi connectivity index (χ2v) is 6.07. The first-order chi connectivity index (χ1) is 11.8. The van der Waals surface area contributed by atoms with Crippen LogP contribution in [0.25, 0.3) is 0 Å². The number of nitrogens with zero attached hydrogens (tertiary/aromatic N) is 1. The molecule has 124 valence electrons. The third-order valence-electron chi connectivity index (χ3n) is 4.44. The normalized spacial score (nSPS) is 16.0. The Hall–Kier alpha value is -2.53. The van der Waals surface area contributed by atoms with E-state index in [2.05, 4.69) is 17.4 Å². The Balaban J connectivity index is 1.35. The lowest BCUT2D eigenvalue weighted by atomic mass is 10.1. The number of amides is 1. The van der Waals surface area contributed by atoms with Crippen molar-refractivity contribution in [3.63, 3.8) is 0 Å². The number of anilines is 1. The molecule has 0 aromatic heterocycles. The second kappa shape index (κ2) is 6.53. The fourth-order valence-corrected chi connectivity index (χ4v) is 3.19. The van der Waals surface area contributed by atoms with Gasteiger partial charge in [0.1, 0.15) is 0 Å². The molecule has 0 spiro atoms. The molecular weight excluding hydrogens is 304 g/mol. The Bertz CT molecular complexity index is 743. The number of ether oxygens (including phenoxy) is 2. The Morgan fingerprint density at radius 3 is 2.71 bits per heavy atom. The molecule has 2 aliphatic rings.